The van der Waals surface area contributed by atoms with Gasteiger partial charge in [-0.05, 0) is 31.8 Å². The first-order chi connectivity index (χ1) is 7.54. The molecule has 0 unspecified atom stereocenters. The molecule has 0 heterocycles. The Balaban J connectivity index is 2.99. The fraction of sp³-hybridized carbons (Fsp3) is 0.667. The minimum atomic E-state index is -0.665. The summed E-state index contributed by atoms with van der Waals surface area (Å²) in [6.45, 7) is 1.83. The monoisotopic (exact) mass is 226 g/mol. The zero-order valence-electron chi connectivity index (χ0n) is 10.0. The Bertz CT molecular complexity index is 319. The molecule has 1 rings (SSSR count). The van der Waals surface area contributed by atoms with Crippen LogP contribution in [0.3, 0.4) is 0 Å². The standard InChI is InChI=1S/C12H18O4/c1-12(11(14)16-3)7-5-4-6-9(12)8-10(13)15-2/h8H,4-7H2,1-3H3/b9-8-/t12-/m1/s1. The van der Waals surface area contributed by atoms with Crippen molar-refractivity contribution in [1.82, 2.24) is 0 Å². The van der Waals surface area contributed by atoms with Gasteiger partial charge in [0.2, 0.25) is 0 Å². The van der Waals surface area contributed by atoms with Crippen LogP contribution in [0.2, 0.25) is 0 Å². The maximum absolute atomic E-state index is 11.8. The highest BCUT2D eigenvalue weighted by Crippen LogP contribution is 2.41. The average Bonchev–Trinajstić information content (AvgIpc) is 2.30. The van der Waals surface area contributed by atoms with Gasteiger partial charge in [-0.3, -0.25) is 4.79 Å². The minimum absolute atomic E-state index is 0.276. The zero-order valence-corrected chi connectivity index (χ0v) is 10.0. The van der Waals surface area contributed by atoms with Gasteiger partial charge in [0, 0.05) is 6.08 Å². The molecule has 0 aromatic carbocycles. The molecule has 0 bridgehead atoms. The number of hydrogen-bond donors (Lipinski definition) is 0. The lowest BCUT2D eigenvalue weighted by Gasteiger charge is -2.33. The molecule has 0 N–H and O–H groups in total. The van der Waals surface area contributed by atoms with E-state index in [-0.39, 0.29) is 5.97 Å². The number of hydrogen-bond acceptors (Lipinski definition) is 4. The quantitative estimate of drug-likeness (QED) is 0.532. The third-order valence-corrected chi connectivity index (χ3v) is 3.21. The summed E-state index contributed by atoms with van der Waals surface area (Å²) in [6.07, 6.45) is 4.87. The smallest absolute Gasteiger partial charge is 0.330 e. The third kappa shape index (κ3) is 2.43. The Morgan fingerprint density at radius 1 is 1.25 bits per heavy atom. The lowest BCUT2D eigenvalue weighted by Crippen LogP contribution is -2.34. The van der Waals surface area contributed by atoms with Crippen LogP contribution < -0.4 is 0 Å². The molecule has 0 aromatic heterocycles. The van der Waals surface area contributed by atoms with E-state index in [1.54, 1.807) is 0 Å². The van der Waals surface area contributed by atoms with Crippen molar-refractivity contribution < 1.29 is 19.1 Å². The summed E-state index contributed by atoms with van der Waals surface area (Å²) in [4.78, 5) is 23.0. The Morgan fingerprint density at radius 2 is 1.94 bits per heavy atom. The molecule has 4 nitrogen and oxygen atoms in total. The van der Waals surface area contributed by atoms with Crippen LogP contribution in [0.4, 0.5) is 0 Å². The summed E-state index contributed by atoms with van der Waals surface area (Å²) < 4.78 is 9.40. The topological polar surface area (TPSA) is 52.6 Å². The van der Waals surface area contributed by atoms with Gasteiger partial charge in [0.05, 0.1) is 19.6 Å². The van der Waals surface area contributed by atoms with Crippen LogP contribution in [0.15, 0.2) is 11.6 Å². The molecule has 1 saturated carbocycles. The Morgan fingerprint density at radius 3 is 2.50 bits per heavy atom. The number of carbonyl (C=O) groups excluding carboxylic acids is 2. The van der Waals surface area contributed by atoms with Crippen LogP contribution in [0.1, 0.15) is 32.6 Å². The predicted molar refractivity (Wildman–Crippen MR) is 58.7 cm³/mol. The second kappa shape index (κ2) is 5.14. The van der Waals surface area contributed by atoms with Crippen LogP contribution >= 0.6 is 0 Å². The van der Waals surface area contributed by atoms with Crippen molar-refractivity contribution in [2.45, 2.75) is 32.6 Å². The molecular formula is C12H18O4. The van der Waals surface area contributed by atoms with Gasteiger partial charge in [-0.15, -0.1) is 0 Å². The highest BCUT2D eigenvalue weighted by molar-refractivity contribution is 5.87. The molecule has 0 aliphatic heterocycles. The number of methoxy groups -OCH3 is 2. The first-order valence-corrected chi connectivity index (χ1v) is 5.42. The largest absolute Gasteiger partial charge is 0.468 e. The lowest BCUT2D eigenvalue weighted by molar-refractivity contribution is -0.150. The summed E-state index contributed by atoms with van der Waals surface area (Å²) in [6, 6.07) is 0. The second-order valence-corrected chi connectivity index (χ2v) is 4.22. The maximum Gasteiger partial charge on any atom is 0.330 e. The van der Waals surface area contributed by atoms with Gasteiger partial charge < -0.3 is 9.47 Å². The van der Waals surface area contributed by atoms with Crippen LogP contribution in [-0.4, -0.2) is 26.2 Å². The average molecular weight is 226 g/mol. The van der Waals surface area contributed by atoms with Crippen LogP contribution in [-0.2, 0) is 19.1 Å². The molecule has 90 valence electrons. The summed E-state index contributed by atoms with van der Waals surface area (Å²) in [7, 11) is 2.70. The Kier molecular flexibility index (Phi) is 4.10. The summed E-state index contributed by atoms with van der Waals surface area (Å²) in [5, 5.41) is 0. The summed E-state index contributed by atoms with van der Waals surface area (Å²) >= 11 is 0. The molecule has 0 amide bonds. The Labute approximate surface area is 95.6 Å². The highest BCUT2D eigenvalue weighted by atomic mass is 16.5. The van der Waals surface area contributed by atoms with E-state index in [9.17, 15) is 9.59 Å². The van der Waals surface area contributed by atoms with E-state index < -0.39 is 11.4 Å². The molecule has 1 fully saturated rings. The van der Waals surface area contributed by atoms with E-state index in [1.807, 2.05) is 6.92 Å². The SMILES string of the molecule is COC(=O)/C=C1/CCCC[C@@]1(C)C(=O)OC. The number of carbonyl (C=O) groups is 2. The normalized spacial score (nSPS) is 27.6. The highest BCUT2D eigenvalue weighted by Gasteiger charge is 2.40. The van der Waals surface area contributed by atoms with Crippen molar-refractivity contribution in [1.29, 1.82) is 0 Å². The molecule has 0 aromatic rings. The molecular weight excluding hydrogens is 208 g/mol. The molecule has 0 spiro atoms. The van der Waals surface area contributed by atoms with E-state index in [2.05, 4.69) is 4.74 Å². The van der Waals surface area contributed by atoms with Crippen molar-refractivity contribution in [3.05, 3.63) is 11.6 Å². The lowest BCUT2D eigenvalue weighted by atomic mass is 9.71. The molecule has 1 atom stereocenters. The van der Waals surface area contributed by atoms with Gasteiger partial charge in [-0.25, -0.2) is 4.79 Å². The van der Waals surface area contributed by atoms with Gasteiger partial charge in [0.15, 0.2) is 0 Å². The Hall–Kier alpha value is -1.32. The molecule has 0 saturated heterocycles. The fourth-order valence-electron chi connectivity index (χ4n) is 2.12. The van der Waals surface area contributed by atoms with E-state index >= 15 is 0 Å². The van der Waals surface area contributed by atoms with Crippen LogP contribution in [0.25, 0.3) is 0 Å². The molecule has 1 aliphatic carbocycles. The predicted octanol–water partition coefficient (Wildman–Crippen LogP) is 1.84. The second-order valence-electron chi connectivity index (χ2n) is 4.22. The number of ether oxygens (including phenoxy) is 2. The molecule has 0 radical (unpaired) electrons. The van der Waals surface area contributed by atoms with Crippen molar-refractivity contribution in [2.75, 3.05) is 14.2 Å². The van der Waals surface area contributed by atoms with E-state index in [4.69, 9.17) is 4.74 Å². The zero-order chi connectivity index (χ0) is 12.2. The van der Waals surface area contributed by atoms with Crippen molar-refractivity contribution in [3.8, 4) is 0 Å². The molecule has 4 heteroatoms. The van der Waals surface area contributed by atoms with E-state index in [0.717, 1.165) is 31.3 Å². The summed E-state index contributed by atoms with van der Waals surface area (Å²) in [5.74, 6) is -0.686. The van der Waals surface area contributed by atoms with Crippen molar-refractivity contribution in [2.24, 2.45) is 5.41 Å². The van der Waals surface area contributed by atoms with Gasteiger partial charge in [-0.1, -0.05) is 6.42 Å². The van der Waals surface area contributed by atoms with Crippen LogP contribution in [0, 0.1) is 5.41 Å². The third-order valence-electron chi connectivity index (χ3n) is 3.21. The fourth-order valence-corrected chi connectivity index (χ4v) is 2.12. The van der Waals surface area contributed by atoms with Gasteiger partial charge in [0.1, 0.15) is 0 Å². The van der Waals surface area contributed by atoms with Gasteiger partial charge in [-0.2, -0.15) is 0 Å². The number of esters is 2. The first kappa shape index (κ1) is 12.7. The van der Waals surface area contributed by atoms with Gasteiger partial charge >= 0.3 is 11.9 Å². The molecule has 16 heavy (non-hydrogen) atoms. The van der Waals surface area contributed by atoms with Crippen LogP contribution in [0.5, 0.6) is 0 Å². The summed E-state index contributed by atoms with van der Waals surface area (Å²) in [5.41, 5.74) is 0.152. The van der Waals surface area contributed by atoms with E-state index in [1.165, 1.54) is 20.3 Å². The van der Waals surface area contributed by atoms with Gasteiger partial charge in [0.25, 0.3) is 0 Å². The minimum Gasteiger partial charge on any atom is -0.468 e. The maximum atomic E-state index is 11.8. The number of rotatable bonds is 2. The first-order valence-electron chi connectivity index (χ1n) is 5.42. The van der Waals surface area contributed by atoms with Crippen molar-refractivity contribution in [3.63, 3.8) is 0 Å². The van der Waals surface area contributed by atoms with E-state index in [0.29, 0.717) is 0 Å². The van der Waals surface area contributed by atoms with Crippen molar-refractivity contribution >= 4 is 11.9 Å². The molecule has 1 aliphatic rings.